The van der Waals surface area contributed by atoms with Gasteiger partial charge in [-0.05, 0) is 42.9 Å². The number of aliphatic carboxylic acids is 1. The van der Waals surface area contributed by atoms with E-state index in [4.69, 9.17) is 15.0 Å². The van der Waals surface area contributed by atoms with E-state index < -0.39 is 18.1 Å². The van der Waals surface area contributed by atoms with E-state index in [0.717, 1.165) is 43.9 Å². The quantitative estimate of drug-likeness (QED) is 0.494. The molecule has 0 radical (unpaired) electrons. The molecule has 38 heavy (non-hydrogen) atoms. The van der Waals surface area contributed by atoms with Crippen LogP contribution < -0.4 is 5.56 Å². The second-order valence-electron chi connectivity index (χ2n) is 8.60. The molecule has 1 aliphatic rings. The Hall–Kier alpha value is -4.21. The zero-order valence-corrected chi connectivity index (χ0v) is 20.4. The lowest BCUT2D eigenvalue weighted by Crippen LogP contribution is -2.44. The lowest BCUT2D eigenvalue weighted by atomic mass is 10.1. The highest BCUT2D eigenvalue weighted by Crippen LogP contribution is 2.13. The number of alkyl halides is 3. The van der Waals surface area contributed by atoms with E-state index in [1.165, 1.54) is 23.0 Å². The average molecular weight is 531 g/mol. The molecule has 0 aliphatic carbocycles. The summed E-state index contributed by atoms with van der Waals surface area (Å²) in [6.07, 6.45) is -3.56. The minimum Gasteiger partial charge on any atom is -0.478 e. The number of aromatic nitrogens is 2. The van der Waals surface area contributed by atoms with Gasteiger partial charge in [0.15, 0.2) is 0 Å². The summed E-state index contributed by atoms with van der Waals surface area (Å²) in [5.41, 5.74) is 2.33. The highest BCUT2D eigenvalue weighted by atomic mass is 19.4. The van der Waals surface area contributed by atoms with Crippen LogP contribution in [0.3, 0.4) is 0 Å². The van der Waals surface area contributed by atoms with Crippen LogP contribution in [0.25, 0.3) is 10.9 Å². The number of halogens is 3. The SMILES string of the molecule is CN1CCN(CC#Cc2ccc3ncn(Cc4ccc(C(=O)O)cc4)c(=O)c3c2)CC1.O=C(O)C(F)(F)F. The van der Waals surface area contributed by atoms with Gasteiger partial charge in [-0.3, -0.25) is 14.3 Å². The Kier molecular flexibility index (Phi) is 9.22. The highest BCUT2D eigenvalue weighted by molar-refractivity contribution is 5.87. The molecule has 2 N–H and O–H groups in total. The first-order valence-corrected chi connectivity index (χ1v) is 11.5. The molecule has 0 bridgehead atoms. The summed E-state index contributed by atoms with van der Waals surface area (Å²) in [6.45, 7) is 5.19. The van der Waals surface area contributed by atoms with Gasteiger partial charge in [0.2, 0.25) is 0 Å². The van der Waals surface area contributed by atoms with Crippen LogP contribution in [-0.4, -0.2) is 87.5 Å². The predicted octanol–water partition coefficient (Wildman–Crippen LogP) is 2.38. The third-order valence-electron chi connectivity index (χ3n) is 5.75. The van der Waals surface area contributed by atoms with Gasteiger partial charge in [0.25, 0.3) is 5.56 Å². The number of benzene rings is 2. The van der Waals surface area contributed by atoms with Crippen molar-refractivity contribution in [1.82, 2.24) is 19.4 Å². The summed E-state index contributed by atoms with van der Waals surface area (Å²) in [7, 11) is 2.13. The lowest BCUT2D eigenvalue weighted by molar-refractivity contribution is -0.192. The van der Waals surface area contributed by atoms with E-state index in [1.807, 2.05) is 12.1 Å². The van der Waals surface area contributed by atoms with Gasteiger partial charge in [-0.1, -0.05) is 24.0 Å². The maximum atomic E-state index is 13.0. The molecule has 0 unspecified atom stereocenters. The topological polar surface area (TPSA) is 116 Å². The van der Waals surface area contributed by atoms with Crippen molar-refractivity contribution in [3.8, 4) is 11.8 Å². The number of hydrogen-bond donors (Lipinski definition) is 2. The Labute approximate surface area is 215 Å². The van der Waals surface area contributed by atoms with Crippen LogP contribution in [0.5, 0.6) is 0 Å². The van der Waals surface area contributed by atoms with Crippen molar-refractivity contribution in [2.24, 2.45) is 0 Å². The summed E-state index contributed by atoms with van der Waals surface area (Å²) in [4.78, 5) is 41.9. The van der Waals surface area contributed by atoms with E-state index in [2.05, 4.69) is 33.7 Å². The Morgan fingerprint density at radius 1 is 1.03 bits per heavy atom. The zero-order valence-electron chi connectivity index (χ0n) is 20.4. The van der Waals surface area contributed by atoms with Crippen LogP contribution in [0.1, 0.15) is 21.5 Å². The van der Waals surface area contributed by atoms with Crippen molar-refractivity contribution in [1.29, 1.82) is 0 Å². The summed E-state index contributed by atoms with van der Waals surface area (Å²) < 4.78 is 33.3. The Balaban J connectivity index is 0.000000505. The molecule has 1 aromatic heterocycles. The molecule has 200 valence electrons. The van der Waals surface area contributed by atoms with E-state index in [0.29, 0.717) is 17.4 Å². The first kappa shape index (κ1) is 28.4. The molecule has 0 saturated carbocycles. The minimum atomic E-state index is -5.08. The first-order chi connectivity index (χ1) is 17.9. The molecular weight excluding hydrogens is 505 g/mol. The fraction of sp³-hybridized carbons (Fsp3) is 0.308. The monoisotopic (exact) mass is 530 g/mol. The predicted molar refractivity (Wildman–Crippen MR) is 133 cm³/mol. The number of nitrogens with zero attached hydrogens (tertiary/aromatic N) is 4. The summed E-state index contributed by atoms with van der Waals surface area (Å²) >= 11 is 0. The fourth-order valence-electron chi connectivity index (χ4n) is 3.56. The molecule has 0 amide bonds. The molecule has 4 rings (SSSR count). The largest absolute Gasteiger partial charge is 0.490 e. The van der Waals surface area contributed by atoms with E-state index in [-0.39, 0.29) is 11.1 Å². The molecule has 1 saturated heterocycles. The smallest absolute Gasteiger partial charge is 0.478 e. The Morgan fingerprint density at radius 3 is 2.24 bits per heavy atom. The zero-order chi connectivity index (χ0) is 27.9. The van der Waals surface area contributed by atoms with Gasteiger partial charge < -0.3 is 15.1 Å². The second kappa shape index (κ2) is 12.4. The van der Waals surface area contributed by atoms with Crippen LogP contribution in [-0.2, 0) is 11.3 Å². The molecule has 0 atom stereocenters. The van der Waals surface area contributed by atoms with Crippen molar-refractivity contribution in [2.45, 2.75) is 12.7 Å². The summed E-state index contributed by atoms with van der Waals surface area (Å²) in [5, 5.41) is 16.7. The summed E-state index contributed by atoms with van der Waals surface area (Å²) in [5.74, 6) is 2.66. The standard InChI is InChI=1S/C24H24N4O3.C2HF3O2/c1-26-11-13-27(14-12-26)10-2-3-18-6-9-22-21(15-18)23(29)28(17-25-22)16-19-4-7-20(8-5-19)24(30)31;3-2(4,5)1(6)7/h4-9,15,17H,10-14,16H2,1H3,(H,30,31);(H,6,7). The molecule has 12 heteroatoms. The van der Waals surface area contributed by atoms with Gasteiger partial charge >= 0.3 is 18.1 Å². The van der Waals surface area contributed by atoms with Crippen molar-refractivity contribution in [3.63, 3.8) is 0 Å². The first-order valence-electron chi connectivity index (χ1n) is 11.5. The van der Waals surface area contributed by atoms with Crippen molar-refractivity contribution >= 4 is 22.8 Å². The van der Waals surface area contributed by atoms with Crippen LogP contribution in [0.4, 0.5) is 13.2 Å². The number of carboxylic acid groups (broad SMARTS) is 2. The number of likely N-dealkylation sites (N-methyl/N-ethyl adjacent to an activating group) is 1. The Morgan fingerprint density at radius 2 is 1.66 bits per heavy atom. The number of carbonyl (C=O) groups is 2. The maximum Gasteiger partial charge on any atom is 0.490 e. The molecule has 0 spiro atoms. The normalized spacial score (nSPS) is 14.2. The van der Waals surface area contributed by atoms with Crippen LogP contribution in [0.15, 0.2) is 53.6 Å². The average Bonchev–Trinajstić information content (AvgIpc) is 2.87. The number of fused-ring (bicyclic) bond motifs is 1. The van der Waals surface area contributed by atoms with Gasteiger partial charge in [0, 0.05) is 31.7 Å². The molecule has 3 aromatic rings. The number of carboxylic acids is 2. The number of hydrogen-bond acceptors (Lipinski definition) is 6. The van der Waals surface area contributed by atoms with Crippen molar-refractivity contribution in [3.05, 3.63) is 75.8 Å². The van der Waals surface area contributed by atoms with Gasteiger partial charge in [-0.2, -0.15) is 13.2 Å². The van der Waals surface area contributed by atoms with E-state index in [9.17, 15) is 22.8 Å². The molecule has 1 aliphatic heterocycles. The number of rotatable bonds is 4. The lowest BCUT2D eigenvalue weighted by Gasteiger charge is -2.30. The van der Waals surface area contributed by atoms with Gasteiger partial charge in [0.1, 0.15) is 0 Å². The fourth-order valence-corrected chi connectivity index (χ4v) is 3.56. The number of piperazine rings is 1. The maximum absolute atomic E-state index is 13.0. The van der Waals surface area contributed by atoms with Gasteiger partial charge in [-0.15, -0.1) is 0 Å². The third-order valence-corrected chi connectivity index (χ3v) is 5.75. The van der Waals surface area contributed by atoms with Gasteiger partial charge in [-0.25, -0.2) is 14.6 Å². The van der Waals surface area contributed by atoms with E-state index >= 15 is 0 Å². The molecule has 2 aromatic carbocycles. The molecule has 1 fully saturated rings. The van der Waals surface area contributed by atoms with Crippen LogP contribution in [0.2, 0.25) is 0 Å². The highest BCUT2D eigenvalue weighted by Gasteiger charge is 2.38. The van der Waals surface area contributed by atoms with Gasteiger partial charge in [0.05, 0.1) is 35.9 Å². The van der Waals surface area contributed by atoms with Crippen molar-refractivity contribution < 1.29 is 33.0 Å². The summed E-state index contributed by atoms with van der Waals surface area (Å²) in [6, 6.07) is 12.0. The second-order valence-corrected chi connectivity index (χ2v) is 8.60. The number of aromatic carboxylic acids is 1. The van der Waals surface area contributed by atoms with Crippen LogP contribution >= 0.6 is 0 Å². The van der Waals surface area contributed by atoms with Crippen molar-refractivity contribution in [2.75, 3.05) is 39.8 Å². The molecule has 2 heterocycles. The Bertz CT molecular complexity index is 1420. The van der Waals surface area contributed by atoms with E-state index in [1.54, 1.807) is 18.2 Å². The molecular formula is C26H25F3N4O5. The minimum absolute atomic E-state index is 0.143. The van der Waals surface area contributed by atoms with Crippen LogP contribution in [0, 0.1) is 11.8 Å². The third kappa shape index (κ3) is 7.89. The molecule has 9 nitrogen and oxygen atoms in total.